The average Bonchev–Trinajstić information content (AvgIpc) is 2.86. The quantitative estimate of drug-likeness (QED) is 0.923. The van der Waals surface area contributed by atoms with Gasteiger partial charge in [0.15, 0.2) is 5.82 Å². The zero-order valence-corrected chi connectivity index (χ0v) is 12.5. The lowest BCUT2D eigenvalue weighted by Gasteiger charge is -2.28. The molecule has 0 bridgehead atoms. The molecule has 3 rings (SSSR count). The van der Waals surface area contributed by atoms with Crippen LogP contribution in [0.1, 0.15) is 44.7 Å². The van der Waals surface area contributed by atoms with E-state index in [-0.39, 0.29) is 0 Å². The van der Waals surface area contributed by atoms with E-state index in [4.69, 9.17) is 0 Å². The molecular weight excluding hydrogens is 248 g/mol. The van der Waals surface area contributed by atoms with Crippen LogP contribution in [0.3, 0.4) is 0 Å². The van der Waals surface area contributed by atoms with Gasteiger partial charge in [-0.3, -0.25) is 0 Å². The highest BCUT2D eigenvalue weighted by atomic mass is 15.2. The summed E-state index contributed by atoms with van der Waals surface area (Å²) in [7, 11) is 0. The predicted molar refractivity (Wildman–Crippen MR) is 82.0 cm³/mol. The standard InChI is InChI=1S/C16H24N4/c1-3-13-4-6-14(7-5-13)11-18-16-15-10-12(2)19-20(15)9-8-17-16/h8-10,13-14H,3-7,11H2,1-2H3,(H,17,18). The van der Waals surface area contributed by atoms with Crippen LogP contribution in [-0.2, 0) is 0 Å². The minimum absolute atomic E-state index is 0.795. The van der Waals surface area contributed by atoms with Crippen LogP contribution in [0.4, 0.5) is 5.82 Å². The van der Waals surface area contributed by atoms with Gasteiger partial charge in [-0.2, -0.15) is 5.10 Å². The Morgan fingerprint density at radius 1 is 1.25 bits per heavy atom. The molecule has 0 spiro atoms. The highest BCUT2D eigenvalue weighted by Gasteiger charge is 2.20. The van der Waals surface area contributed by atoms with E-state index in [1.807, 2.05) is 23.8 Å². The van der Waals surface area contributed by atoms with Crippen LogP contribution in [0.25, 0.3) is 5.52 Å². The van der Waals surface area contributed by atoms with Gasteiger partial charge in [0, 0.05) is 18.9 Å². The zero-order valence-electron chi connectivity index (χ0n) is 12.5. The van der Waals surface area contributed by atoms with Crippen molar-refractivity contribution in [3.8, 4) is 0 Å². The molecule has 2 heterocycles. The van der Waals surface area contributed by atoms with Crippen LogP contribution in [0.5, 0.6) is 0 Å². The monoisotopic (exact) mass is 272 g/mol. The fraction of sp³-hybridized carbons (Fsp3) is 0.625. The smallest absolute Gasteiger partial charge is 0.152 e. The van der Waals surface area contributed by atoms with Gasteiger partial charge in [0.25, 0.3) is 0 Å². The summed E-state index contributed by atoms with van der Waals surface area (Å²) >= 11 is 0. The molecule has 0 amide bonds. The van der Waals surface area contributed by atoms with Gasteiger partial charge in [-0.05, 0) is 37.7 Å². The highest BCUT2D eigenvalue weighted by Crippen LogP contribution is 2.30. The Labute approximate surface area is 120 Å². The van der Waals surface area contributed by atoms with E-state index in [1.54, 1.807) is 0 Å². The highest BCUT2D eigenvalue weighted by molar-refractivity contribution is 5.67. The lowest BCUT2D eigenvalue weighted by molar-refractivity contribution is 0.278. The van der Waals surface area contributed by atoms with Gasteiger partial charge in [-0.1, -0.05) is 26.2 Å². The number of hydrogen-bond donors (Lipinski definition) is 1. The first-order chi connectivity index (χ1) is 9.76. The number of rotatable bonds is 4. The number of hydrogen-bond acceptors (Lipinski definition) is 3. The van der Waals surface area contributed by atoms with Gasteiger partial charge in [-0.15, -0.1) is 0 Å². The van der Waals surface area contributed by atoms with Crippen LogP contribution in [0.2, 0.25) is 0 Å². The van der Waals surface area contributed by atoms with Gasteiger partial charge >= 0.3 is 0 Å². The number of nitrogens with one attached hydrogen (secondary N) is 1. The summed E-state index contributed by atoms with van der Waals surface area (Å²) < 4.78 is 1.90. The molecule has 0 atom stereocenters. The first-order valence-electron chi connectivity index (χ1n) is 7.81. The number of aromatic nitrogens is 3. The molecule has 2 aromatic rings. The van der Waals surface area contributed by atoms with Crippen molar-refractivity contribution in [3.05, 3.63) is 24.2 Å². The molecule has 4 nitrogen and oxygen atoms in total. The Hall–Kier alpha value is -1.58. The maximum absolute atomic E-state index is 4.46. The Kier molecular flexibility index (Phi) is 3.90. The molecular formula is C16H24N4. The first kappa shape index (κ1) is 13.4. The van der Waals surface area contributed by atoms with Crippen LogP contribution in [0, 0.1) is 18.8 Å². The second kappa shape index (κ2) is 5.81. The fourth-order valence-electron chi connectivity index (χ4n) is 3.27. The molecule has 1 N–H and O–H groups in total. The van der Waals surface area contributed by atoms with Gasteiger partial charge in [-0.25, -0.2) is 9.50 Å². The van der Waals surface area contributed by atoms with Crippen molar-refractivity contribution in [1.29, 1.82) is 0 Å². The fourth-order valence-corrected chi connectivity index (χ4v) is 3.27. The predicted octanol–water partition coefficient (Wildman–Crippen LogP) is 3.67. The summed E-state index contributed by atoms with van der Waals surface area (Å²) in [6.45, 7) is 5.37. The molecule has 0 saturated heterocycles. The van der Waals surface area contributed by atoms with Gasteiger partial charge in [0.1, 0.15) is 5.52 Å². The van der Waals surface area contributed by atoms with E-state index in [0.29, 0.717) is 0 Å². The minimum Gasteiger partial charge on any atom is -0.368 e. The lowest BCUT2D eigenvalue weighted by atomic mass is 9.81. The van der Waals surface area contributed by atoms with E-state index in [1.165, 1.54) is 32.1 Å². The van der Waals surface area contributed by atoms with Crippen LogP contribution in [0.15, 0.2) is 18.5 Å². The maximum atomic E-state index is 4.46. The Morgan fingerprint density at radius 2 is 2.00 bits per heavy atom. The first-order valence-corrected chi connectivity index (χ1v) is 7.81. The second-order valence-corrected chi connectivity index (χ2v) is 6.07. The van der Waals surface area contributed by atoms with Crippen LogP contribution >= 0.6 is 0 Å². The average molecular weight is 272 g/mol. The Balaban J connectivity index is 1.63. The van der Waals surface area contributed by atoms with E-state index in [2.05, 4.69) is 28.4 Å². The normalized spacial score (nSPS) is 23.1. The number of aryl methyl sites for hydroxylation is 1. The third-order valence-electron chi connectivity index (χ3n) is 4.61. The number of anilines is 1. The third kappa shape index (κ3) is 2.79. The van der Waals surface area contributed by atoms with E-state index in [0.717, 1.165) is 35.4 Å². The van der Waals surface area contributed by atoms with Crippen LogP contribution in [-0.4, -0.2) is 21.1 Å². The molecule has 20 heavy (non-hydrogen) atoms. The van der Waals surface area contributed by atoms with Gasteiger partial charge < -0.3 is 5.32 Å². The third-order valence-corrected chi connectivity index (χ3v) is 4.61. The summed E-state index contributed by atoms with van der Waals surface area (Å²) in [4.78, 5) is 4.46. The molecule has 4 heteroatoms. The summed E-state index contributed by atoms with van der Waals surface area (Å²) in [6.07, 6.45) is 10.6. The summed E-state index contributed by atoms with van der Waals surface area (Å²) in [6, 6.07) is 2.09. The van der Waals surface area contributed by atoms with Crippen molar-refractivity contribution in [3.63, 3.8) is 0 Å². The summed E-state index contributed by atoms with van der Waals surface area (Å²) in [5.41, 5.74) is 2.11. The van der Waals surface area contributed by atoms with Crippen molar-refractivity contribution >= 4 is 11.3 Å². The molecule has 0 unspecified atom stereocenters. The summed E-state index contributed by atoms with van der Waals surface area (Å²) in [5, 5.41) is 7.96. The molecule has 2 aromatic heterocycles. The van der Waals surface area contributed by atoms with Crippen molar-refractivity contribution in [2.24, 2.45) is 11.8 Å². The zero-order chi connectivity index (χ0) is 13.9. The van der Waals surface area contributed by atoms with E-state index in [9.17, 15) is 0 Å². The van der Waals surface area contributed by atoms with Gasteiger partial charge in [0.2, 0.25) is 0 Å². The summed E-state index contributed by atoms with van der Waals surface area (Å²) in [5.74, 6) is 2.72. The molecule has 0 aliphatic heterocycles. The SMILES string of the molecule is CCC1CCC(CNc2nccn3nc(C)cc23)CC1. The topological polar surface area (TPSA) is 42.2 Å². The van der Waals surface area contributed by atoms with Crippen molar-refractivity contribution in [2.45, 2.75) is 46.0 Å². The van der Waals surface area contributed by atoms with Crippen molar-refractivity contribution in [2.75, 3.05) is 11.9 Å². The largest absolute Gasteiger partial charge is 0.368 e. The molecule has 1 saturated carbocycles. The molecule has 1 fully saturated rings. The minimum atomic E-state index is 0.795. The second-order valence-electron chi connectivity index (χ2n) is 6.07. The maximum Gasteiger partial charge on any atom is 0.152 e. The van der Waals surface area contributed by atoms with Crippen molar-refractivity contribution in [1.82, 2.24) is 14.6 Å². The van der Waals surface area contributed by atoms with Gasteiger partial charge in [0.05, 0.1) is 5.69 Å². The Bertz CT molecular complexity index is 567. The molecule has 1 aliphatic carbocycles. The molecule has 108 valence electrons. The lowest BCUT2D eigenvalue weighted by Crippen LogP contribution is -2.21. The van der Waals surface area contributed by atoms with Crippen molar-refractivity contribution < 1.29 is 0 Å². The molecule has 0 aromatic carbocycles. The van der Waals surface area contributed by atoms with Crippen LogP contribution < -0.4 is 5.32 Å². The van der Waals surface area contributed by atoms with E-state index >= 15 is 0 Å². The van der Waals surface area contributed by atoms with E-state index < -0.39 is 0 Å². The molecule has 1 aliphatic rings. The number of fused-ring (bicyclic) bond motifs is 1. The number of nitrogens with zero attached hydrogens (tertiary/aromatic N) is 3. The Morgan fingerprint density at radius 3 is 2.75 bits per heavy atom. The molecule has 0 radical (unpaired) electrons.